The number of alkyl halides is 3. The zero-order valence-corrected chi connectivity index (χ0v) is 22.9. The largest absolute Gasteiger partial charge is 1.00 e. The average Bonchev–Trinajstić information content (AvgIpc) is 3.20. The molecule has 14 heteroatoms. The van der Waals surface area contributed by atoms with Crippen LogP contribution in [0.4, 0.5) is 13.2 Å². The van der Waals surface area contributed by atoms with Crippen LogP contribution in [0.2, 0.25) is 5.02 Å². The Bertz CT molecular complexity index is 1540. The first kappa shape index (κ1) is 29.0. The van der Waals surface area contributed by atoms with Crippen molar-refractivity contribution in [3.8, 4) is 5.75 Å². The molecular weight excluding hydrogens is 546 g/mol. The smallest absolute Gasteiger partial charge is 0.545 e. The Morgan fingerprint density at radius 1 is 1.11 bits per heavy atom. The molecule has 4 rings (SSSR count). The average molecular weight is 562 g/mol. The van der Waals surface area contributed by atoms with Gasteiger partial charge in [-0.15, -0.1) is 13.2 Å². The van der Waals surface area contributed by atoms with Gasteiger partial charge in [0.15, 0.2) is 0 Å². The first-order valence-corrected chi connectivity index (χ1v) is 12.0. The number of nitrogens with zero attached hydrogens (tertiary/aromatic N) is 2. The van der Waals surface area contributed by atoms with Crippen LogP contribution in [-0.4, -0.2) is 30.3 Å². The molecule has 188 valence electrons. The molecule has 8 nitrogen and oxygen atoms in total. The van der Waals surface area contributed by atoms with Crippen molar-refractivity contribution in [2.45, 2.75) is 17.3 Å². The number of ether oxygens (including phenoxy) is 1. The third-order valence-corrected chi connectivity index (χ3v) is 7.02. The summed E-state index contributed by atoms with van der Waals surface area (Å²) in [6.07, 6.45) is -1.85. The van der Waals surface area contributed by atoms with Crippen LogP contribution in [0.5, 0.6) is 5.75 Å². The number of rotatable bonds is 7. The van der Waals surface area contributed by atoms with Crippen molar-refractivity contribution >= 4 is 38.5 Å². The van der Waals surface area contributed by atoms with Crippen LogP contribution in [0.3, 0.4) is 0 Å². The number of hydrogen-bond donors (Lipinski definition) is 1. The van der Waals surface area contributed by atoms with Gasteiger partial charge in [0.25, 0.3) is 0 Å². The van der Waals surface area contributed by atoms with Gasteiger partial charge in [0.2, 0.25) is 10.0 Å². The minimum absolute atomic E-state index is 0. The summed E-state index contributed by atoms with van der Waals surface area (Å²) in [6, 6.07) is 9.56. The van der Waals surface area contributed by atoms with Crippen LogP contribution in [0, 0.1) is 0 Å². The minimum Gasteiger partial charge on any atom is -0.545 e. The Balaban J connectivity index is 0.00000380. The Kier molecular flexibility index (Phi) is 8.62. The number of aryl methyl sites for hydroxylation is 1. The number of benzene rings is 2. The first-order chi connectivity index (χ1) is 16.9. The number of carbonyl (C=O) groups is 1. The number of carboxylic acids is 1. The Labute approximate surface area is 236 Å². The molecule has 4 aromatic rings. The van der Waals surface area contributed by atoms with E-state index in [-0.39, 0.29) is 51.3 Å². The number of sulfonamides is 1. The molecule has 0 spiro atoms. The molecule has 2 aromatic carbocycles. The maximum Gasteiger partial charge on any atom is 1.00 e. The molecule has 1 atom stereocenters. The van der Waals surface area contributed by atoms with Crippen molar-refractivity contribution in [3.63, 3.8) is 0 Å². The molecule has 2 aromatic heterocycles. The Hall–Kier alpha value is -2.61. The molecule has 0 aliphatic rings. The van der Waals surface area contributed by atoms with Crippen LogP contribution >= 0.6 is 11.6 Å². The molecule has 0 saturated heterocycles. The van der Waals surface area contributed by atoms with Crippen LogP contribution in [0.1, 0.15) is 27.7 Å². The maximum atomic E-state index is 13.2. The third-order valence-electron chi connectivity index (χ3n) is 5.28. The number of carboxylic acid groups (broad SMARTS) is 1. The fraction of sp³-hybridized carbons (Fsp3) is 0.130. The summed E-state index contributed by atoms with van der Waals surface area (Å²) in [7, 11) is -2.57. The molecular formula is C23H16ClF3N3NaO5S. The van der Waals surface area contributed by atoms with E-state index in [4.69, 9.17) is 11.6 Å². The Morgan fingerprint density at radius 3 is 2.30 bits per heavy atom. The van der Waals surface area contributed by atoms with E-state index in [9.17, 15) is 31.5 Å². The molecule has 0 amide bonds. The van der Waals surface area contributed by atoms with Crippen molar-refractivity contribution < 1.29 is 65.8 Å². The van der Waals surface area contributed by atoms with E-state index < -0.39 is 34.1 Å². The van der Waals surface area contributed by atoms with Gasteiger partial charge in [-0.05, 0) is 41.5 Å². The summed E-state index contributed by atoms with van der Waals surface area (Å²) in [6.45, 7) is 0. The van der Waals surface area contributed by atoms with Gasteiger partial charge in [0.1, 0.15) is 5.75 Å². The van der Waals surface area contributed by atoms with Gasteiger partial charge in [-0.2, -0.15) is 4.72 Å². The summed E-state index contributed by atoms with van der Waals surface area (Å²) in [5, 5.41) is 11.9. The second-order valence-corrected chi connectivity index (χ2v) is 9.78. The van der Waals surface area contributed by atoms with E-state index in [1.54, 1.807) is 23.9 Å². The number of carbonyl (C=O) groups excluding carboxylic acids is 1. The van der Waals surface area contributed by atoms with E-state index in [1.807, 2.05) is 0 Å². The van der Waals surface area contributed by atoms with Crippen molar-refractivity contribution in [2.75, 3.05) is 0 Å². The second-order valence-electron chi connectivity index (χ2n) is 7.66. The van der Waals surface area contributed by atoms with Crippen molar-refractivity contribution in [3.05, 3.63) is 88.8 Å². The summed E-state index contributed by atoms with van der Waals surface area (Å²) in [5.74, 6) is -1.96. The van der Waals surface area contributed by atoms with Crippen molar-refractivity contribution in [1.82, 2.24) is 14.3 Å². The normalized spacial score (nSPS) is 12.7. The number of pyridine rings is 1. The Morgan fingerprint density at radius 2 is 1.73 bits per heavy atom. The van der Waals surface area contributed by atoms with E-state index >= 15 is 0 Å². The molecule has 0 fully saturated rings. The standard InChI is InChI=1S/C23H17ClF3N3O5S.Na/c1-30-11-10-17-18(24)12-28-20(21(17)30)19(13-2-6-15(7-3-13)35-23(25,26)27)29-36(33,34)16-8-4-14(5-9-16)22(31)32;/h2-12,19,29H,1H3,(H,31,32);/q;+1/p-1. The number of halogens is 4. The first-order valence-electron chi connectivity index (χ1n) is 10.1. The van der Waals surface area contributed by atoms with E-state index in [2.05, 4.69) is 14.4 Å². The fourth-order valence-electron chi connectivity index (χ4n) is 3.65. The molecule has 0 radical (unpaired) electrons. The summed E-state index contributed by atoms with van der Waals surface area (Å²) < 4.78 is 72.4. The predicted molar refractivity (Wildman–Crippen MR) is 122 cm³/mol. The quantitative estimate of drug-likeness (QED) is 0.330. The molecule has 1 unspecified atom stereocenters. The number of aromatic nitrogens is 2. The number of nitrogens with one attached hydrogen (secondary N) is 1. The molecule has 37 heavy (non-hydrogen) atoms. The topological polar surface area (TPSA) is 113 Å². The second kappa shape index (κ2) is 11.0. The number of hydrogen-bond acceptors (Lipinski definition) is 6. The summed E-state index contributed by atoms with van der Waals surface area (Å²) >= 11 is 6.25. The molecule has 0 aliphatic carbocycles. The monoisotopic (exact) mass is 561 g/mol. The van der Waals surface area contributed by atoms with Gasteiger partial charge >= 0.3 is 35.9 Å². The van der Waals surface area contributed by atoms with E-state index in [1.165, 1.54) is 18.3 Å². The minimum atomic E-state index is -4.90. The molecule has 0 saturated carbocycles. The number of fused-ring (bicyclic) bond motifs is 1. The molecule has 0 bridgehead atoms. The summed E-state index contributed by atoms with van der Waals surface area (Å²) in [4.78, 5) is 15.1. The zero-order chi connectivity index (χ0) is 26.3. The van der Waals surface area contributed by atoms with Gasteiger partial charge in [-0.3, -0.25) is 4.98 Å². The van der Waals surface area contributed by atoms with Crippen molar-refractivity contribution in [2.24, 2.45) is 7.05 Å². The SMILES string of the molecule is Cn1ccc2c(Cl)cnc(C(NS(=O)(=O)c3ccc(C(=O)[O-])cc3)c3ccc(OC(F)(F)F)cc3)c21.[Na+]. The van der Waals surface area contributed by atoms with Gasteiger partial charge < -0.3 is 19.2 Å². The van der Waals surface area contributed by atoms with Gasteiger partial charge in [0, 0.05) is 24.8 Å². The van der Waals surface area contributed by atoms with Gasteiger partial charge in [0.05, 0.1) is 33.1 Å². The van der Waals surface area contributed by atoms with Gasteiger partial charge in [-0.25, -0.2) is 8.42 Å². The van der Waals surface area contributed by atoms with E-state index in [0.717, 1.165) is 36.4 Å². The zero-order valence-electron chi connectivity index (χ0n) is 19.3. The van der Waals surface area contributed by atoms with Crippen LogP contribution in [-0.2, 0) is 17.1 Å². The molecule has 1 N–H and O–H groups in total. The van der Waals surface area contributed by atoms with Gasteiger partial charge in [-0.1, -0.05) is 35.9 Å². The molecule has 0 aliphatic heterocycles. The van der Waals surface area contributed by atoms with E-state index in [0.29, 0.717) is 15.9 Å². The third kappa shape index (κ3) is 6.46. The number of aromatic carboxylic acids is 1. The molecule has 2 heterocycles. The summed E-state index contributed by atoms with van der Waals surface area (Å²) in [5.41, 5.74) is 0.784. The van der Waals surface area contributed by atoms with Crippen LogP contribution < -0.4 is 44.1 Å². The van der Waals surface area contributed by atoms with Crippen LogP contribution in [0.15, 0.2) is 71.9 Å². The predicted octanol–water partition coefficient (Wildman–Crippen LogP) is 0.561. The maximum absolute atomic E-state index is 13.2. The van der Waals surface area contributed by atoms with Crippen molar-refractivity contribution in [1.29, 1.82) is 0 Å². The van der Waals surface area contributed by atoms with Crippen LogP contribution in [0.25, 0.3) is 10.9 Å². The fourth-order valence-corrected chi connectivity index (χ4v) is 5.04.